The van der Waals surface area contributed by atoms with Crippen molar-refractivity contribution in [3.8, 4) is 0 Å². The molecule has 1 atom stereocenters. The molecule has 4 saturated carbocycles. The molecule has 0 radical (unpaired) electrons. The van der Waals surface area contributed by atoms with Crippen molar-refractivity contribution in [1.29, 1.82) is 0 Å². The quantitative estimate of drug-likeness (QED) is 0.829. The van der Waals surface area contributed by atoms with E-state index in [1.807, 2.05) is 4.90 Å². The molecular formula is C16H25NO2. The highest BCUT2D eigenvalue weighted by atomic mass is 16.3. The summed E-state index contributed by atoms with van der Waals surface area (Å²) >= 11 is 0. The third-order valence-corrected chi connectivity index (χ3v) is 6.21. The van der Waals surface area contributed by atoms with Crippen LogP contribution in [0.4, 0.5) is 0 Å². The van der Waals surface area contributed by atoms with Crippen LogP contribution in [0.3, 0.4) is 0 Å². The summed E-state index contributed by atoms with van der Waals surface area (Å²) in [6, 6.07) is 0. The number of aliphatic hydroxyl groups is 1. The molecule has 106 valence electrons. The lowest BCUT2D eigenvalue weighted by Crippen LogP contribution is -2.48. The van der Waals surface area contributed by atoms with E-state index >= 15 is 0 Å². The van der Waals surface area contributed by atoms with Gasteiger partial charge < -0.3 is 10.0 Å². The molecular weight excluding hydrogens is 238 g/mol. The molecule has 4 bridgehead atoms. The molecule has 0 aromatic rings. The number of carbonyl (C=O) groups excluding carboxylic acids is 1. The van der Waals surface area contributed by atoms with Crippen LogP contribution in [0.5, 0.6) is 0 Å². The van der Waals surface area contributed by atoms with Gasteiger partial charge in [0.05, 0.1) is 6.10 Å². The van der Waals surface area contributed by atoms with Gasteiger partial charge >= 0.3 is 0 Å². The third-order valence-electron chi connectivity index (χ3n) is 6.21. The number of carbonyl (C=O) groups is 1. The second kappa shape index (κ2) is 4.21. The van der Waals surface area contributed by atoms with Gasteiger partial charge in [0.1, 0.15) is 0 Å². The minimum Gasteiger partial charge on any atom is -0.391 e. The topological polar surface area (TPSA) is 40.5 Å². The first-order valence-corrected chi connectivity index (χ1v) is 8.08. The van der Waals surface area contributed by atoms with E-state index in [1.165, 1.54) is 38.5 Å². The Morgan fingerprint density at radius 1 is 1.11 bits per heavy atom. The molecule has 1 unspecified atom stereocenters. The number of hydrogen-bond acceptors (Lipinski definition) is 2. The SMILES string of the molecule is O=C(CC12CC3CC(CC(C3)C1)C2)N1CCC(O)C1. The molecule has 0 aromatic carbocycles. The Morgan fingerprint density at radius 2 is 1.68 bits per heavy atom. The third kappa shape index (κ3) is 2.10. The first kappa shape index (κ1) is 12.2. The Morgan fingerprint density at radius 3 is 2.16 bits per heavy atom. The number of likely N-dealkylation sites (tertiary alicyclic amines) is 1. The highest BCUT2D eigenvalue weighted by Gasteiger charge is 2.51. The standard InChI is InChI=1S/C16H25NO2/c18-14-1-2-17(10-14)15(19)9-16-6-11-3-12(7-16)5-13(4-11)8-16/h11-14,18H,1-10H2. The number of nitrogens with zero attached hydrogens (tertiary/aromatic N) is 1. The molecule has 1 amide bonds. The van der Waals surface area contributed by atoms with Crippen LogP contribution < -0.4 is 0 Å². The van der Waals surface area contributed by atoms with Crippen LogP contribution in [-0.4, -0.2) is 35.1 Å². The molecule has 5 fully saturated rings. The minimum absolute atomic E-state index is 0.277. The molecule has 3 heteroatoms. The summed E-state index contributed by atoms with van der Waals surface area (Å²) < 4.78 is 0. The zero-order valence-corrected chi connectivity index (χ0v) is 11.7. The van der Waals surface area contributed by atoms with Gasteiger partial charge in [-0.1, -0.05) is 0 Å². The van der Waals surface area contributed by atoms with Gasteiger partial charge in [0, 0.05) is 19.5 Å². The summed E-state index contributed by atoms with van der Waals surface area (Å²) in [5.74, 6) is 3.08. The van der Waals surface area contributed by atoms with Crippen LogP contribution in [-0.2, 0) is 4.79 Å². The largest absolute Gasteiger partial charge is 0.391 e. The van der Waals surface area contributed by atoms with Crippen LogP contribution in [0.1, 0.15) is 51.4 Å². The van der Waals surface area contributed by atoms with Gasteiger partial charge in [0.15, 0.2) is 0 Å². The van der Waals surface area contributed by atoms with E-state index in [4.69, 9.17) is 0 Å². The van der Waals surface area contributed by atoms with E-state index < -0.39 is 0 Å². The number of rotatable bonds is 2. The van der Waals surface area contributed by atoms with Gasteiger partial charge in [-0.25, -0.2) is 0 Å². The van der Waals surface area contributed by atoms with Crippen molar-refractivity contribution in [2.24, 2.45) is 23.2 Å². The molecule has 1 N–H and O–H groups in total. The normalized spacial score (nSPS) is 47.9. The average Bonchev–Trinajstić information content (AvgIpc) is 2.73. The maximum atomic E-state index is 12.5. The predicted octanol–water partition coefficient (Wildman–Crippen LogP) is 2.19. The highest BCUT2D eigenvalue weighted by Crippen LogP contribution is 2.61. The fourth-order valence-electron chi connectivity index (χ4n) is 5.91. The molecule has 19 heavy (non-hydrogen) atoms. The number of β-amino-alcohol motifs (C(OH)–C–C–N with tert-alkyl or cyclic N) is 1. The number of amides is 1. The van der Waals surface area contributed by atoms with Crippen molar-refractivity contribution < 1.29 is 9.90 Å². The van der Waals surface area contributed by atoms with E-state index in [2.05, 4.69) is 0 Å². The Bertz CT molecular complexity index is 357. The first-order valence-electron chi connectivity index (χ1n) is 8.08. The summed E-state index contributed by atoms with van der Waals surface area (Å²) in [6.07, 6.45) is 9.50. The smallest absolute Gasteiger partial charge is 0.223 e. The van der Waals surface area contributed by atoms with Crippen LogP contribution in [0.25, 0.3) is 0 Å². The van der Waals surface area contributed by atoms with E-state index in [-0.39, 0.29) is 6.10 Å². The predicted molar refractivity (Wildman–Crippen MR) is 72.4 cm³/mol. The summed E-state index contributed by atoms with van der Waals surface area (Å²) in [6.45, 7) is 1.34. The Labute approximate surface area is 115 Å². The molecule has 1 aliphatic heterocycles. The van der Waals surface area contributed by atoms with E-state index in [9.17, 15) is 9.90 Å². The Balaban J connectivity index is 1.46. The Kier molecular flexibility index (Phi) is 2.70. The van der Waals surface area contributed by atoms with Crippen LogP contribution in [0.2, 0.25) is 0 Å². The lowest BCUT2D eigenvalue weighted by atomic mass is 9.49. The van der Waals surface area contributed by atoms with E-state index in [1.54, 1.807) is 0 Å². The second-order valence-electron chi connectivity index (χ2n) is 7.88. The Hall–Kier alpha value is -0.570. The maximum absolute atomic E-state index is 12.5. The molecule has 0 aromatic heterocycles. The second-order valence-corrected chi connectivity index (χ2v) is 7.88. The van der Waals surface area contributed by atoms with Crippen LogP contribution in [0.15, 0.2) is 0 Å². The summed E-state index contributed by atoms with van der Waals surface area (Å²) in [4.78, 5) is 14.4. The van der Waals surface area contributed by atoms with Gasteiger partial charge in [0.25, 0.3) is 0 Å². The number of aliphatic hydroxyl groups excluding tert-OH is 1. The monoisotopic (exact) mass is 263 g/mol. The van der Waals surface area contributed by atoms with Crippen molar-refractivity contribution in [2.45, 2.75) is 57.5 Å². The summed E-state index contributed by atoms with van der Waals surface area (Å²) in [7, 11) is 0. The molecule has 5 rings (SSSR count). The van der Waals surface area contributed by atoms with Gasteiger partial charge in [-0.3, -0.25) is 4.79 Å². The molecule has 3 nitrogen and oxygen atoms in total. The zero-order chi connectivity index (χ0) is 13.0. The van der Waals surface area contributed by atoms with Crippen molar-refractivity contribution in [1.82, 2.24) is 4.90 Å². The fourth-order valence-corrected chi connectivity index (χ4v) is 5.91. The average molecular weight is 263 g/mol. The molecule has 0 spiro atoms. The summed E-state index contributed by atoms with van der Waals surface area (Å²) in [5.41, 5.74) is 0.347. The lowest BCUT2D eigenvalue weighted by molar-refractivity contribution is -0.138. The number of hydrogen-bond donors (Lipinski definition) is 1. The van der Waals surface area contributed by atoms with Crippen LogP contribution >= 0.6 is 0 Å². The molecule has 5 aliphatic rings. The van der Waals surface area contributed by atoms with E-state index in [0.717, 1.165) is 37.1 Å². The zero-order valence-electron chi connectivity index (χ0n) is 11.7. The highest BCUT2D eigenvalue weighted by molar-refractivity contribution is 5.77. The lowest BCUT2D eigenvalue weighted by Gasteiger charge is -2.56. The molecule has 4 aliphatic carbocycles. The van der Waals surface area contributed by atoms with Crippen molar-refractivity contribution in [3.05, 3.63) is 0 Å². The summed E-state index contributed by atoms with van der Waals surface area (Å²) in [5, 5.41) is 9.58. The van der Waals surface area contributed by atoms with Gasteiger partial charge in [-0.05, 0) is 68.1 Å². The van der Waals surface area contributed by atoms with Crippen molar-refractivity contribution in [3.63, 3.8) is 0 Å². The fraction of sp³-hybridized carbons (Fsp3) is 0.938. The maximum Gasteiger partial charge on any atom is 0.223 e. The van der Waals surface area contributed by atoms with Crippen molar-refractivity contribution in [2.75, 3.05) is 13.1 Å². The van der Waals surface area contributed by atoms with E-state index in [0.29, 0.717) is 17.9 Å². The van der Waals surface area contributed by atoms with Gasteiger partial charge in [0.2, 0.25) is 5.91 Å². The first-order chi connectivity index (χ1) is 9.12. The minimum atomic E-state index is -0.277. The van der Waals surface area contributed by atoms with Gasteiger partial charge in [-0.2, -0.15) is 0 Å². The van der Waals surface area contributed by atoms with Crippen molar-refractivity contribution >= 4 is 5.91 Å². The van der Waals surface area contributed by atoms with Gasteiger partial charge in [-0.15, -0.1) is 0 Å². The van der Waals surface area contributed by atoms with Crippen LogP contribution in [0, 0.1) is 23.2 Å². The molecule has 1 saturated heterocycles. The molecule has 1 heterocycles.